The molecule has 0 spiro atoms. The van der Waals surface area contributed by atoms with Gasteiger partial charge < -0.3 is 9.47 Å². The molecule has 0 amide bonds. The number of methoxy groups -OCH3 is 1. The Labute approximate surface area is 110 Å². The molecule has 7 heteroatoms. The molecular formula is C10H10F2INO3. The van der Waals surface area contributed by atoms with Crippen molar-refractivity contribution in [3.05, 3.63) is 20.9 Å². The zero-order chi connectivity index (χ0) is 13.0. The van der Waals surface area contributed by atoms with Gasteiger partial charge in [0, 0.05) is 3.57 Å². The molecule has 0 aliphatic heterocycles. The lowest BCUT2D eigenvalue weighted by Gasteiger charge is -2.10. The van der Waals surface area contributed by atoms with Crippen LogP contribution in [0.2, 0.25) is 0 Å². The Morgan fingerprint density at radius 1 is 1.59 bits per heavy atom. The molecule has 17 heavy (non-hydrogen) atoms. The predicted octanol–water partition coefficient (Wildman–Crippen LogP) is 2.81. The van der Waals surface area contributed by atoms with Crippen molar-refractivity contribution in [2.24, 2.45) is 0 Å². The lowest BCUT2D eigenvalue weighted by Crippen LogP contribution is -2.10. The highest BCUT2D eigenvalue weighted by Crippen LogP contribution is 2.32. The molecule has 1 heterocycles. The summed E-state index contributed by atoms with van der Waals surface area (Å²) in [5.74, 6) is -0.917. The fourth-order valence-electron chi connectivity index (χ4n) is 1.16. The first-order valence-electron chi connectivity index (χ1n) is 4.71. The Hall–Kier alpha value is -0.990. The number of ether oxygens (including phenoxy) is 2. The van der Waals surface area contributed by atoms with Crippen molar-refractivity contribution in [2.75, 3.05) is 13.7 Å². The third-order valence-electron chi connectivity index (χ3n) is 1.87. The van der Waals surface area contributed by atoms with Gasteiger partial charge in [-0.2, -0.15) is 0 Å². The number of aromatic nitrogens is 1. The fraction of sp³-hybridized carbons (Fsp3) is 0.400. The second-order valence-corrected chi connectivity index (χ2v) is 4.10. The predicted molar refractivity (Wildman–Crippen MR) is 64.4 cm³/mol. The normalized spacial score (nSPS) is 10.5. The minimum absolute atomic E-state index is 0.0440. The molecule has 0 fully saturated rings. The van der Waals surface area contributed by atoms with E-state index in [1.807, 2.05) is 0 Å². The van der Waals surface area contributed by atoms with Gasteiger partial charge in [-0.05, 0) is 35.6 Å². The molecule has 1 aromatic heterocycles. The maximum absolute atomic E-state index is 12.7. The highest BCUT2D eigenvalue weighted by molar-refractivity contribution is 14.1. The van der Waals surface area contributed by atoms with E-state index in [0.717, 1.165) is 0 Å². The smallest absolute Gasteiger partial charge is 0.357 e. The maximum atomic E-state index is 12.7. The molecule has 0 aliphatic rings. The van der Waals surface area contributed by atoms with E-state index < -0.39 is 12.4 Å². The molecule has 94 valence electrons. The number of esters is 1. The van der Waals surface area contributed by atoms with Gasteiger partial charge in [-0.1, -0.05) is 0 Å². The van der Waals surface area contributed by atoms with Gasteiger partial charge >= 0.3 is 5.97 Å². The average Bonchev–Trinajstić information content (AvgIpc) is 2.27. The standard InChI is InChI=1S/C10H10F2INO3/c1-3-17-10(15)6-4-5(13)7(8(11)12)9(14-6)16-2/h4,8H,3H2,1-2H3. The molecule has 0 saturated carbocycles. The van der Waals surface area contributed by atoms with E-state index in [-0.39, 0.29) is 27.3 Å². The zero-order valence-electron chi connectivity index (χ0n) is 9.17. The number of rotatable bonds is 4. The summed E-state index contributed by atoms with van der Waals surface area (Å²) in [6.07, 6.45) is -2.71. The fourth-order valence-corrected chi connectivity index (χ4v) is 1.93. The molecule has 0 bridgehead atoms. The van der Waals surface area contributed by atoms with E-state index in [0.29, 0.717) is 0 Å². The summed E-state index contributed by atoms with van der Waals surface area (Å²) in [4.78, 5) is 15.1. The first kappa shape index (κ1) is 14.1. The van der Waals surface area contributed by atoms with Crippen LogP contribution in [0.5, 0.6) is 5.88 Å². The van der Waals surface area contributed by atoms with E-state index in [9.17, 15) is 13.6 Å². The summed E-state index contributed by atoms with van der Waals surface area (Å²) in [5, 5.41) is 0. The van der Waals surface area contributed by atoms with Crippen LogP contribution in [0.1, 0.15) is 29.4 Å². The van der Waals surface area contributed by atoms with Crippen LogP contribution < -0.4 is 4.74 Å². The second kappa shape index (κ2) is 6.08. The van der Waals surface area contributed by atoms with E-state index in [4.69, 9.17) is 9.47 Å². The molecule has 0 aromatic carbocycles. The number of nitrogens with zero attached hydrogens (tertiary/aromatic N) is 1. The number of carbonyl (C=O) groups is 1. The number of alkyl halides is 2. The Balaban J connectivity index is 3.22. The summed E-state index contributed by atoms with van der Waals surface area (Å²) in [6.45, 7) is 1.84. The number of hydrogen-bond donors (Lipinski definition) is 0. The second-order valence-electron chi connectivity index (χ2n) is 2.93. The maximum Gasteiger partial charge on any atom is 0.357 e. The average molecular weight is 357 g/mol. The van der Waals surface area contributed by atoms with Crippen molar-refractivity contribution in [2.45, 2.75) is 13.3 Å². The van der Waals surface area contributed by atoms with E-state index in [2.05, 4.69) is 4.98 Å². The van der Waals surface area contributed by atoms with Crippen LogP contribution in [0.25, 0.3) is 0 Å². The van der Waals surface area contributed by atoms with Crippen molar-refractivity contribution in [1.82, 2.24) is 4.98 Å². The van der Waals surface area contributed by atoms with Gasteiger partial charge in [-0.25, -0.2) is 18.6 Å². The van der Waals surface area contributed by atoms with Crippen LogP contribution in [-0.4, -0.2) is 24.7 Å². The van der Waals surface area contributed by atoms with Crippen molar-refractivity contribution in [1.29, 1.82) is 0 Å². The summed E-state index contributed by atoms with van der Waals surface area (Å²) in [7, 11) is 1.22. The number of halogens is 3. The van der Waals surface area contributed by atoms with Crippen LogP contribution in [0.4, 0.5) is 8.78 Å². The van der Waals surface area contributed by atoms with Crippen LogP contribution in [0.3, 0.4) is 0 Å². The van der Waals surface area contributed by atoms with Gasteiger partial charge in [0.15, 0.2) is 5.69 Å². The SMILES string of the molecule is CCOC(=O)c1cc(I)c(C(F)F)c(OC)n1. The van der Waals surface area contributed by atoms with Crippen molar-refractivity contribution in [3.8, 4) is 5.88 Å². The summed E-state index contributed by atoms with van der Waals surface area (Å²) < 4.78 is 35.1. The summed E-state index contributed by atoms with van der Waals surface area (Å²) >= 11 is 1.70. The first-order valence-corrected chi connectivity index (χ1v) is 5.78. The quantitative estimate of drug-likeness (QED) is 0.614. The Morgan fingerprint density at radius 2 is 2.24 bits per heavy atom. The van der Waals surface area contributed by atoms with Crippen LogP contribution in [0.15, 0.2) is 6.07 Å². The third-order valence-corrected chi connectivity index (χ3v) is 2.76. The highest BCUT2D eigenvalue weighted by atomic mass is 127. The molecule has 0 N–H and O–H groups in total. The molecular weight excluding hydrogens is 347 g/mol. The minimum atomic E-state index is -2.71. The van der Waals surface area contributed by atoms with Gasteiger partial charge in [-0.15, -0.1) is 0 Å². The van der Waals surface area contributed by atoms with Gasteiger partial charge in [-0.3, -0.25) is 0 Å². The monoisotopic (exact) mass is 357 g/mol. The first-order chi connectivity index (χ1) is 8.01. The molecule has 4 nitrogen and oxygen atoms in total. The zero-order valence-corrected chi connectivity index (χ0v) is 11.3. The Morgan fingerprint density at radius 3 is 2.71 bits per heavy atom. The van der Waals surface area contributed by atoms with Gasteiger partial charge in [0.25, 0.3) is 6.43 Å². The van der Waals surface area contributed by atoms with Gasteiger partial charge in [0.2, 0.25) is 5.88 Å². The molecule has 0 atom stereocenters. The lowest BCUT2D eigenvalue weighted by molar-refractivity contribution is 0.0517. The van der Waals surface area contributed by atoms with Crippen molar-refractivity contribution >= 4 is 28.6 Å². The topological polar surface area (TPSA) is 48.4 Å². The molecule has 1 aromatic rings. The Bertz CT molecular complexity index is 426. The molecule has 0 unspecified atom stereocenters. The molecule has 0 saturated heterocycles. The van der Waals surface area contributed by atoms with Gasteiger partial charge in [0.1, 0.15) is 0 Å². The number of hydrogen-bond acceptors (Lipinski definition) is 4. The highest BCUT2D eigenvalue weighted by Gasteiger charge is 2.22. The van der Waals surface area contributed by atoms with Gasteiger partial charge in [0.05, 0.1) is 19.3 Å². The van der Waals surface area contributed by atoms with Crippen LogP contribution in [-0.2, 0) is 4.74 Å². The van der Waals surface area contributed by atoms with E-state index in [1.54, 1.807) is 29.5 Å². The van der Waals surface area contributed by atoms with Crippen molar-refractivity contribution in [3.63, 3.8) is 0 Å². The van der Waals surface area contributed by atoms with Crippen LogP contribution in [0, 0.1) is 3.57 Å². The minimum Gasteiger partial charge on any atom is -0.481 e. The van der Waals surface area contributed by atoms with E-state index in [1.165, 1.54) is 13.2 Å². The molecule has 0 radical (unpaired) electrons. The largest absolute Gasteiger partial charge is 0.481 e. The summed E-state index contributed by atoms with van der Waals surface area (Å²) in [6, 6.07) is 1.25. The third kappa shape index (κ3) is 3.24. The summed E-state index contributed by atoms with van der Waals surface area (Å²) in [5.41, 5.74) is -0.362. The van der Waals surface area contributed by atoms with E-state index >= 15 is 0 Å². The lowest BCUT2D eigenvalue weighted by atomic mass is 10.2. The van der Waals surface area contributed by atoms with Crippen molar-refractivity contribution < 1.29 is 23.0 Å². The Kier molecular flexibility index (Phi) is 5.03. The number of pyridine rings is 1. The van der Waals surface area contributed by atoms with Crippen LogP contribution >= 0.6 is 22.6 Å². The number of carbonyl (C=O) groups excluding carboxylic acids is 1. The molecule has 1 rings (SSSR count). The molecule has 0 aliphatic carbocycles.